The van der Waals surface area contributed by atoms with Gasteiger partial charge in [-0.2, -0.15) is 0 Å². The van der Waals surface area contributed by atoms with Crippen LogP contribution in [0, 0.1) is 0 Å². The zero-order valence-electron chi connectivity index (χ0n) is 4.20. The van der Waals surface area contributed by atoms with Crippen LogP contribution in [-0.4, -0.2) is 22.8 Å². The van der Waals surface area contributed by atoms with E-state index < -0.39 is 12.6 Å². The Morgan fingerprint density at radius 3 is 1.50 bits per heavy atom. The predicted molar refractivity (Wildman–Crippen MR) is 16.7 cm³/mol. The summed E-state index contributed by atoms with van der Waals surface area (Å²) >= 11 is 0. The minimum absolute atomic E-state index is 0. The predicted octanol–water partition coefficient (Wildman–Crippen LogP) is -4.41. The van der Waals surface area contributed by atoms with Gasteiger partial charge < -0.3 is 20.1 Å². The molecule has 0 spiro atoms. The summed E-state index contributed by atoms with van der Waals surface area (Å²) in [5.74, 6) is 0. The standard InChI is InChI=1S/CH2O3.CH2O2.Na/c2-1(3)4;2-1-3;/h(H2,2,3,4);1H,(H,2,3);/q;;+1/p-1. The third-order valence-corrected chi connectivity index (χ3v) is 0. The second-order valence-electron chi connectivity index (χ2n) is 0.379. The van der Waals surface area contributed by atoms with Crippen molar-refractivity contribution in [2.24, 2.45) is 0 Å². The molecule has 0 bridgehead atoms. The fourth-order valence-corrected chi connectivity index (χ4v) is 0. The van der Waals surface area contributed by atoms with Gasteiger partial charge in [-0.05, 0) is 0 Å². The molecular formula is C2H3NaO5. The van der Waals surface area contributed by atoms with E-state index in [1.807, 2.05) is 0 Å². The van der Waals surface area contributed by atoms with E-state index in [9.17, 15) is 0 Å². The summed E-state index contributed by atoms with van der Waals surface area (Å²) in [6, 6.07) is 0. The Morgan fingerprint density at radius 1 is 1.50 bits per heavy atom. The Balaban J connectivity index is -0.0000000575. The molecule has 0 heterocycles. The number of hydrogen-bond donors (Lipinski definition) is 2. The zero-order valence-corrected chi connectivity index (χ0v) is 6.20. The summed E-state index contributed by atoms with van der Waals surface area (Å²) in [6.07, 6.45) is -1.83. The summed E-state index contributed by atoms with van der Waals surface area (Å²) in [5, 5.41) is 22.2. The van der Waals surface area contributed by atoms with Crippen LogP contribution in [-0.2, 0) is 4.79 Å². The molecule has 0 unspecified atom stereocenters. The van der Waals surface area contributed by atoms with Crippen molar-refractivity contribution in [1.29, 1.82) is 0 Å². The van der Waals surface area contributed by atoms with E-state index in [-0.39, 0.29) is 29.6 Å². The van der Waals surface area contributed by atoms with Gasteiger partial charge in [-0.1, -0.05) is 0 Å². The van der Waals surface area contributed by atoms with Crippen molar-refractivity contribution < 1.29 is 54.5 Å². The first-order valence-corrected chi connectivity index (χ1v) is 1.12. The maximum atomic E-state index is 8.56. The molecule has 0 amide bonds. The molecule has 0 aliphatic rings. The fraction of sp³-hybridized carbons (Fsp3) is 0. The van der Waals surface area contributed by atoms with Gasteiger partial charge in [0.25, 0.3) is 0 Å². The molecule has 0 saturated carbocycles. The Labute approximate surface area is 67.2 Å². The van der Waals surface area contributed by atoms with Gasteiger partial charge in [0, 0.05) is 6.47 Å². The minimum Gasteiger partial charge on any atom is -0.554 e. The maximum Gasteiger partial charge on any atom is 1.00 e. The van der Waals surface area contributed by atoms with Crippen LogP contribution in [0.25, 0.3) is 0 Å². The topological polar surface area (TPSA) is 97.7 Å². The van der Waals surface area contributed by atoms with Gasteiger partial charge in [-0.3, -0.25) is 0 Å². The van der Waals surface area contributed by atoms with Crippen molar-refractivity contribution in [3.05, 3.63) is 0 Å². The van der Waals surface area contributed by atoms with Crippen molar-refractivity contribution in [2.75, 3.05) is 0 Å². The number of carboxylic acid groups (broad SMARTS) is 3. The summed E-state index contributed by atoms with van der Waals surface area (Å²) in [5.41, 5.74) is 0. The molecule has 0 aliphatic carbocycles. The van der Waals surface area contributed by atoms with Gasteiger partial charge in [-0.25, -0.2) is 4.79 Å². The van der Waals surface area contributed by atoms with Crippen LogP contribution in [0.15, 0.2) is 0 Å². The Morgan fingerprint density at radius 2 is 1.50 bits per heavy atom. The second kappa shape index (κ2) is 15.9. The van der Waals surface area contributed by atoms with Crippen LogP contribution in [0.3, 0.4) is 0 Å². The molecular weight excluding hydrogens is 127 g/mol. The average molecular weight is 130 g/mol. The smallest absolute Gasteiger partial charge is 0.554 e. The van der Waals surface area contributed by atoms with Crippen molar-refractivity contribution >= 4 is 12.6 Å². The number of carbonyl (C=O) groups excluding carboxylic acids is 1. The molecule has 0 rings (SSSR count). The first kappa shape index (κ1) is 15.6. The van der Waals surface area contributed by atoms with Gasteiger partial charge in [0.15, 0.2) is 0 Å². The zero-order chi connectivity index (χ0) is 6.28. The first-order valence-electron chi connectivity index (χ1n) is 1.12. The molecule has 42 valence electrons. The molecule has 0 aromatic carbocycles. The molecule has 0 aromatic heterocycles. The molecule has 0 aliphatic heterocycles. The van der Waals surface area contributed by atoms with Gasteiger partial charge in [0.1, 0.15) is 0 Å². The van der Waals surface area contributed by atoms with Crippen molar-refractivity contribution in [1.82, 2.24) is 0 Å². The molecule has 0 fully saturated rings. The van der Waals surface area contributed by atoms with E-state index in [1.54, 1.807) is 0 Å². The van der Waals surface area contributed by atoms with Crippen LogP contribution >= 0.6 is 0 Å². The summed E-state index contributed by atoms with van der Waals surface area (Å²) < 4.78 is 0. The van der Waals surface area contributed by atoms with Crippen LogP contribution in [0.4, 0.5) is 4.79 Å². The molecule has 8 heavy (non-hydrogen) atoms. The Hall–Kier alpha value is -0.260. The number of hydrogen-bond acceptors (Lipinski definition) is 3. The summed E-state index contributed by atoms with van der Waals surface area (Å²) in [6.45, 7) is -0.500. The van der Waals surface area contributed by atoms with Gasteiger partial charge in [0.2, 0.25) is 0 Å². The summed E-state index contributed by atoms with van der Waals surface area (Å²) in [4.78, 5) is 16.8. The van der Waals surface area contributed by atoms with Crippen molar-refractivity contribution in [3.63, 3.8) is 0 Å². The maximum absolute atomic E-state index is 8.56. The average Bonchev–Trinajstić information content (AvgIpc) is 1.33. The molecule has 5 nitrogen and oxygen atoms in total. The molecule has 2 N–H and O–H groups in total. The third-order valence-electron chi connectivity index (χ3n) is 0. The quantitative estimate of drug-likeness (QED) is 0.255. The van der Waals surface area contributed by atoms with Crippen molar-refractivity contribution in [3.8, 4) is 0 Å². The van der Waals surface area contributed by atoms with E-state index >= 15 is 0 Å². The van der Waals surface area contributed by atoms with E-state index in [0.717, 1.165) is 0 Å². The van der Waals surface area contributed by atoms with E-state index in [0.29, 0.717) is 0 Å². The summed E-state index contributed by atoms with van der Waals surface area (Å²) in [7, 11) is 0. The van der Waals surface area contributed by atoms with Crippen LogP contribution < -0.4 is 34.7 Å². The minimum atomic E-state index is -1.83. The van der Waals surface area contributed by atoms with Crippen LogP contribution in [0.1, 0.15) is 0 Å². The molecule has 0 atom stereocenters. The first-order chi connectivity index (χ1) is 3.15. The molecule has 6 heteroatoms. The second-order valence-corrected chi connectivity index (χ2v) is 0.379. The van der Waals surface area contributed by atoms with E-state index in [1.165, 1.54) is 0 Å². The normalized spacial score (nSPS) is 4.50. The van der Waals surface area contributed by atoms with Gasteiger partial charge in [0.05, 0.1) is 0 Å². The van der Waals surface area contributed by atoms with Gasteiger partial charge in [-0.15, -0.1) is 0 Å². The number of carbonyl (C=O) groups is 2. The van der Waals surface area contributed by atoms with Gasteiger partial charge >= 0.3 is 35.7 Å². The number of rotatable bonds is 0. The monoisotopic (exact) mass is 130 g/mol. The fourth-order valence-electron chi connectivity index (χ4n) is 0. The van der Waals surface area contributed by atoms with E-state index in [2.05, 4.69) is 0 Å². The van der Waals surface area contributed by atoms with Crippen molar-refractivity contribution in [2.45, 2.75) is 0 Å². The Bertz CT molecular complexity index is 57.4. The largest absolute Gasteiger partial charge is 1.00 e. The van der Waals surface area contributed by atoms with E-state index in [4.69, 9.17) is 24.9 Å². The van der Waals surface area contributed by atoms with Crippen LogP contribution in [0.2, 0.25) is 0 Å². The molecule has 0 aromatic rings. The SMILES string of the molecule is O=C(O)O.O=C[O-].[Na+]. The Kier molecular flexibility index (Phi) is 31.1. The molecule has 0 radical (unpaired) electrons. The third kappa shape index (κ3) is 1910. The molecule has 0 saturated heterocycles. The van der Waals surface area contributed by atoms with Crippen LogP contribution in [0.5, 0.6) is 0 Å².